The van der Waals surface area contributed by atoms with Gasteiger partial charge in [-0.2, -0.15) is 8.78 Å². The van der Waals surface area contributed by atoms with E-state index in [2.05, 4.69) is 11.7 Å². The van der Waals surface area contributed by atoms with Gasteiger partial charge in [0.15, 0.2) is 0 Å². The zero-order valence-electron chi connectivity index (χ0n) is 11.2. The molecule has 0 saturated heterocycles. The highest BCUT2D eigenvalue weighted by Gasteiger charge is 2.24. The molecule has 1 aliphatic carbocycles. The Bertz CT molecular complexity index is 386. The second kappa shape index (κ2) is 6.33. The van der Waals surface area contributed by atoms with Crippen LogP contribution in [-0.2, 0) is 0 Å². The van der Waals surface area contributed by atoms with Crippen LogP contribution in [0.2, 0.25) is 0 Å². The van der Waals surface area contributed by atoms with E-state index in [1.165, 1.54) is 12.8 Å². The minimum atomic E-state index is -2.78. The van der Waals surface area contributed by atoms with Gasteiger partial charge in [-0.1, -0.05) is 31.9 Å². The van der Waals surface area contributed by atoms with Gasteiger partial charge >= 0.3 is 6.61 Å². The number of alkyl halides is 2. The third-order valence-corrected chi connectivity index (χ3v) is 4.06. The minimum Gasteiger partial charge on any atom is -0.435 e. The molecule has 1 atom stereocenters. The van der Waals surface area contributed by atoms with E-state index in [4.69, 9.17) is 5.73 Å². The summed E-state index contributed by atoms with van der Waals surface area (Å²) in [7, 11) is 0. The summed E-state index contributed by atoms with van der Waals surface area (Å²) < 4.78 is 28.5. The van der Waals surface area contributed by atoms with Crippen LogP contribution in [0.3, 0.4) is 0 Å². The van der Waals surface area contributed by atoms with Crippen LogP contribution in [0.5, 0.6) is 5.75 Å². The Balaban J connectivity index is 1.97. The van der Waals surface area contributed by atoms with E-state index in [1.54, 1.807) is 24.3 Å². The van der Waals surface area contributed by atoms with Gasteiger partial charge in [-0.05, 0) is 42.4 Å². The summed E-state index contributed by atoms with van der Waals surface area (Å²) >= 11 is 0. The Labute approximate surface area is 112 Å². The fourth-order valence-corrected chi connectivity index (χ4v) is 2.79. The van der Waals surface area contributed by atoms with E-state index in [-0.39, 0.29) is 11.8 Å². The number of hydrogen-bond acceptors (Lipinski definition) is 2. The lowest BCUT2D eigenvalue weighted by Crippen LogP contribution is -2.25. The fraction of sp³-hybridized carbons (Fsp3) is 0.600. The SMILES string of the molecule is CC1CCC(C(N)c2ccc(OC(F)F)cc2)CC1. The van der Waals surface area contributed by atoms with E-state index < -0.39 is 6.61 Å². The number of hydrogen-bond donors (Lipinski definition) is 1. The Morgan fingerprint density at radius 2 is 1.68 bits per heavy atom. The predicted octanol–water partition coefficient (Wildman–Crippen LogP) is 4.11. The maximum atomic E-state index is 12.1. The van der Waals surface area contributed by atoms with Crippen molar-refractivity contribution in [1.29, 1.82) is 0 Å². The second-order valence-electron chi connectivity index (χ2n) is 5.49. The monoisotopic (exact) mass is 269 g/mol. The topological polar surface area (TPSA) is 35.2 Å². The van der Waals surface area contributed by atoms with Crippen molar-refractivity contribution < 1.29 is 13.5 Å². The molecule has 19 heavy (non-hydrogen) atoms. The number of ether oxygens (including phenoxy) is 1. The molecule has 0 heterocycles. The van der Waals surface area contributed by atoms with E-state index in [9.17, 15) is 8.78 Å². The molecule has 0 aliphatic heterocycles. The normalized spacial score (nSPS) is 25.3. The van der Waals surface area contributed by atoms with Gasteiger partial charge in [-0.25, -0.2) is 0 Å². The average Bonchev–Trinajstić information content (AvgIpc) is 2.39. The van der Waals surface area contributed by atoms with Gasteiger partial charge in [-0.15, -0.1) is 0 Å². The predicted molar refractivity (Wildman–Crippen MR) is 71.1 cm³/mol. The average molecular weight is 269 g/mol. The molecule has 1 unspecified atom stereocenters. The third-order valence-electron chi connectivity index (χ3n) is 4.06. The maximum Gasteiger partial charge on any atom is 0.387 e. The smallest absolute Gasteiger partial charge is 0.387 e. The van der Waals surface area contributed by atoms with Gasteiger partial charge in [0, 0.05) is 6.04 Å². The first-order valence-corrected chi connectivity index (χ1v) is 6.86. The summed E-state index contributed by atoms with van der Waals surface area (Å²) in [5, 5.41) is 0. The largest absolute Gasteiger partial charge is 0.435 e. The summed E-state index contributed by atoms with van der Waals surface area (Å²) in [4.78, 5) is 0. The summed E-state index contributed by atoms with van der Waals surface area (Å²) in [6, 6.07) is 6.70. The van der Waals surface area contributed by atoms with Crippen LogP contribution in [0.4, 0.5) is 8.78 Å². The summed E-state index contributed by atoms with van der Waals surface area (Å²) in [6.45, 7) is -0.502. The number of halogens is 2. The first-order chi connectivity index (χ1) is 9.06. The van der Waals surface area contributed by atoms with Crippen LogP contribution >= 0.6 is 0 Å². The summed E-state index contributed by atoms with van der Waals surface area (Å²) in [5.41, 5.74) is 7.28. The van der Waals surface area contributed by atoms with Crippen molar-refractivity contribution >= 4 is 0 Å². The van der Waals surface area contributed by atoms with Gasteiger partial charge < -0.3 is 10.5 Å². The van der Waals surface area contributed by atoms with Crippen LogP contribution in [0.25, 0.3) is 0 Å². The molecule has 1 aromatic carbocycles. The van der Waals surface area contributed by atoms with E-state index in [0.717, 1.165) is 24.3 Å². The molecule has 0 radical (unpaired) electrons. The molecule has 4 heteroatoms. The second-order valence-corrected chi connectivity index (χ2v) is 5.49. The molecule has 1 aliphatic rings. The zero-order chi connectivity index (χ0) is 13.8. The van der Waals surface area contributed by atoms with Crippen molar-refractivity contribution in [2.75, 3.05) is 0 Å². The van der Waals surface area contributed by atoms with Crippen LogP contribution < -0.4 is 10.5 Å². The highest BCUT2D eigenvalue weighted by molar-refractivity contribution is 5.29. The Hall–Kier alpha value is -1.16. The Kier molecular flexibility index (Phi) is 4.75. The molecule has 1 aromatic rings. The molecule has 1 fully saturated rings. The van der Waals surface area contributed by atoms with Gasteiger partial charge in [0.2, 0.25) is 0 Å². The third kappa shape index (κ3) is 3.90. The lowest BCUT2D eigenvalue weighted by Gasteiger charge is -2.30. The lowest BCUT2D eigenvalue weighted by molar-refractivity contribution is -0.0498. The van der Waals surface area contributed by atoms with E-state index in [1.807, 2.05) is 0 Å². The summed E-state index contributed by atoms with van der Waals surface area (Å²) in [6.07, 6.45) is 4.76. The van der Waals surface area contributed by atoms with Crippen LogP contribution in [0.15, 0.2) is 24.3 Å². The van der Waals surface area contributed by atoms with Crippen molar-refractivity contribution in [3.8, 4) is 5.75 Å². The molecule has 0 aromatic heterocycles. The van der Waals surface area contributed by atoms with Crippen molar-refractivity contribution in [2.24, 2.45) is 17.6 Å². The Morgan fingerprint density at radius 3 is 2.21 bits per heavy atom. The van der Waals surface area contributed by atoms with Crippen molar-refractivity contribution in [2.45, 2.75) is 45.3 Å². The quantitative estimate of drug-likeness (QED) is 0.892. The standard InChI is InChI=1S/C15H21F2NO/c1-10-2-4-11(5-3-10)14(18)12-6-8-13(9-7-12)19-15(16)17/h6-11,14-15H,2-5,18H2,1H3. The molecule has 106 valence electrons. The highest BCUT2D eigenvalue weighted by atomic mass is 19.3. The first-order valence-electron chi connectivity index (χ1n) is 6.86. The van der Waals surface area contributed by atoms with Gasteiger partial charge in [-0.3, -0.25) is 0 Å². The van der Waals surface area contributed by atoms with Crippen molar-refractivity contribution in [3.05, 3.63) is 29.8 Å². The van der Waals surface area contributed by atoms with Crippen LogP contribution in [-0.4, -0.2) is 6.61 Å². The van der Waals surface area contributed by atoms with Crippen LogP contribution in [0.1, 0.15) is 44.2 Å². The van der Waals surface area contributed by atoms with E-state index in [0.29, 0.717) is 5.92 Å². The Morgan fingerprint density at radius 1 is 1.11 bits per heavy atom. The molecule has 1 saturated carbocycles. The number of rotatable bonds is 4. The molecular formula is C15H21F2NO. The lowest BCUT2D eigenvalue weighted by atomic mass is 9.78. The van der Waals surface area contributed by atoms with E-state index >= 15 is 0 Å². The molecular weight excluding hydrogens is 248 g/mol. The number of benzene rings is 1. The fourth-order valence-electron chi connectivity index (χ4n) is 2.79. The highest BCUT2D eigenvalue weighted by Crippen LogP contribution is 2.35. The molecule has 2 nitrogen and oxygen atoms in total. The zero-order valence-corrected chi connectivity index (χ0v) is 11.2. The minimum absolute atomic E-state index is 0.00639. The van der Waals surface area contributed by atoms with Gasteiger partial charge in [0.25, 0.3) is 0 Å². The summed E-state index contributed by atoms with van der Waals surface area (Å²) in [5.74, 6) is 1.48. The molecule has 0 spiro atoms. The van der Waals surface area contributed by atoms with Crippen LogP contribution in [0, 0.1) is 11.8 Å². The maximum absolute atomic E-state index is 12.1. The van der Waals surface area contributed by atoms with Gasteiger partial charge in [0.05, 0.1) is 0 Å². The first kappa shape index (κ1) is 14.3. The molecule has 0 amide bonds. The number of nitrogens with two attached hydrogens (primary N) is 1. The van der Waals surface area contributed by atoms with Crippen molar-refractivity contribution in [1.82, 2.24) is 0 Å². The molecule has 2 rings (SSSR count). The molecule has 0 bridgehead atoms. The van der Waals surface area contributed by atoms with Crippen molar-refractivity contribution in [3.63, 3.8) is 0 Å². The van der Waals surface area contributed by atoms with Gasteiger partial charge in [0.1, 0.15) is 5.75 Å². The molecule has 2 N–H and O–H groups in total.